The SMILES string of the molecule is C=[P+](C)O. The topological polar surface area (TPSA) is 20.2 Å². The summed E-state index contributed by atoms with van der Waals surface area (Å²) in [6, 6.07) is 0. The summed E-state index contributed by atoms with van der Waals surface area (Å²) in [5, 5.41) is 0. The molecule has 0 bridgehead atoms. The van der Waals surface area contributed by atoms with Crippen molar-refractivity contribution in [3.05, 3.63) is 0 Å². The second-order valence-corrected chi connectivity index (χ2v) is 1.97. The van der Waals surface area contributed by atoms with Crippen molar-refractivity contribution < 1.29 is 4.89 Å². The quantitative estimate of drug-likeness (QED) is 0.416. The summed E-state index contributed by atoms with van der Waals surface area (Å²) < 4.78 is 0. The van der Waals surface area contributed by atoms with Gasteiger partial charge in [0.15, 0.2) is 0 Å². The van der Waals surface area contributed by atoms with Crippen molar-refractivity contribution in [2.24, 2.45) is 0 Å². The van der Waals surface area contributed by atoms with Crippen molar-refractivity contribution in [3.63, 3.8) is 0 Å². The lowest BCUT2D eigenvalue weighted by molar-refractivity contribution is 0.648. The standard InChI is InChI=1S/C2H6OP/c1-4(2)3/h3H,1H2,2H3/q+1. The van der Waals surface area contributed by atoms with Crippen LogP contribution in [0.4, 0.5) is 0 Å². The first-order valence-corrected chi connectivity index (χ1v) is 2.89. The van der Waals surface area contributed by atoms with Crippen molar-refractivity contribution in [1.29, 1.82) is 0 Å². The van der Waals surface area contributed by atoms with Crippen molar-refractivity contribution in [3.8, 4) is 0 Å². The molecule has 0 rings (SSSR count). The van der Waals surface area contributed by atoms with E-state index in [4.69, 9.17) is 4.89 Å². The Balaban J connectivity index is 2.80. The number of hydrogen-bond acceptors (Lipinski definition) is 1. The molecule has 1 N–H and O–H groups in total. The molecule has 0 aromatic heterocycles. The second-order valence-electron chi connectivity index (χ2n) is 0.658. The summed E-state index contributed by atoms with van der Waals surface area (Å²) in [7, 11) is -0.870. The Bertz CT molecular complexity index is 29.0. The monoisotopic (exact) mass is 77.0 g/mol. The second kappa shape index (κ2) is 1.45. The molecular formula is C2H6OP+. The maximum atomic E-state index is 8.01. The van der Waals surface area contributed by atoms with Gasteiger partial charge >= 0.3 is 0 Å². The molecule has 0 aromatic carbocycles. The summed E-state index contributed by atoms with van der Waals surface area (Å²) in [6.07, 6.45) is 3.26. The maximum absolute atomic E-state index is 8.01. The largest absolute Gasteiger partial charge is 0.240 e. The molecule has 24 valence electrons. The molecule has 2 heteroatoms. The van der Waals surface area contributed by atoms with E-state index in [-0.39, 0.29) is 0 Å². The van der Waals surface area contributed by atoms with Crippen LogP contribution in [0.5, 0.6) is 0 Å². The van der Waals surface area contributed by atoms with Gasteiger partial charge in [0.25, 0.3) is 0 Å². The van der Waals surface area contributed by atoms with Gasteiger partial charge in [0.05, 0.1) is 0 Å². The highest BCUT2D eigenvalue weighted by atomic mass is 31.1. The van der Waals surface area contributed by atoms with Gasteiger partial charge in [0.1, 0.15) is 13.0 Å². The fraction of sp³-hybridized carbons (Fsp3) is 0.500. The van der Waals surface area contributed by atoms with E-state index in [1.54, 1.807) is 6.66 Å². The van der Waals surface area contributed by atoms with Gasteiger partial charge in [-0.2, -0.15) is 4.89 Å². The van der Waals surface area contributed by atoms with Gasteiger partial charge in [-0.1, -0.05) is 0 Å². The van der Waals surface area contributed by atoms with Crippen LogP contribution in [0.15, 0.2) is 0 Å². The fourth-order valence-electron chi connectivity index (χ4n) is 0. The molecule has 0 heterocycles. The highest BCUT2D eigenvalue weighted by Gasteiger charge is 1.71. The van der Waals surface area contributed by atoms with Crippen LogP contribution in [0.25, 0.3) is 0 Å². The number of rotatable bonds is 0. The van der Waals surface area contributed by atoms with Crippen LogP contribution in [-0.4, -0.2) is 17.9 Å². The molecule has 0 aliphatic rings. The molecule has 0 radical (unpaired) electrons. The lowest BCUT2D eigenvalue weighted by atomic mass is 11.9. The first-order valence-electron chi connectivity index (χ1n) is 0.963. The Hall–Kier alpha value is 0.130. The first kappa shape index (κ1) is 4.13. The molecule has 0 saturated heterocycles. The van der Waals surface area contributed by atoms with Crippen LogP contribution < -0.4 is 0 Å². The van der Waals surface area contributed by atoms with Gasteiger partial charge in [-0.25, -0.2) is 0 Å². The Kier molecular flexibility index (Phi) is 1.50. The van der Waals surface area contributed by atoms with Crippen LogP contribution in [0.1, 0.15) is 0 Å². The molecule has 4 heavy (non-hydrogen) atoms. The van der Waals surface area contributed by atoms with Crippen molar-refractivity contribution in [2.45, 2.75) is 0 Å². The molecule has 1 nitrogen and oxygen atoms in total. The Morgan fingerprint density at radius 1 is 2.00 bits per heavy atom. The van der Waals surface area contributed by atoms with E-state index in [2.05, 4.69) is 6.30 Å². The molecule has 1 atom stereocenters. The lowest BCUT2D eigenvalue weighted by Crippen LogP contribution is -1.37. The summed E-state index contributed by atoms with van der Waals surface area (Å²) in [5.74, 6) is 0. The zero-order chi connectivity index (χ0) is 3.58. The summed E-state index contributed by atoms with van der Waals surface area (Å²) in [5.41, 5.74) is 0. The van der Waals surface area contributed by atoms with E-state index in [1.165, 1.54) is 0 Å². The maximum Gasteiger partial charge on any atom is 0.240 e. The summed E-state index contributed by atoms with van der Waals surface area (Å²) >= 11 is 0. The zero-order valence-corrected chi connectivity index (χ0v) is 3.50. The molecule has 0 aliphatic heterocycles. The van der Waals surface area contributed by atoms with Gasteiger partial charge < -0.3 is 0 Å². The molecular weight excluding hydrogens is 71.0 g/mol. The Labute approximate surface area is 26.7 Å². The third-order valence-corrected chi connectivity index (χ3v) is 0. The minimum absolute atomic E-state index is 0.870. The van der Waals surface area contributed by atoms with E-state index in [0.29, 0.717) is 0 Å². The third kappa shape index (κ3) is 161. The Morgan fingerprint density at radius 3 is 2.00 bits per heavy atom. The highest BCUT2D eigenvalue weighted by molar-refractivity contribution is 7.48. The minimum atomic E-state index is -0.870. The third-order valence-electron chi connectivity index (χ3n) is 0. The average Bonchev–Trinajstić information content (AvgIpc) is 0.811. The zero-order valence-electron chi connectivity index (χ0n) is 2.60. The van der Waals surface area contributed by atoms with Gasteiger partial charge in [-0.15, -0.1) is 0 Å². The number of hydrogen-bond donors (Lipinski definition) is 1. The summed E-state index contributed by atoms with van der Waals surface area (Å²) in [4.78, 5) is 8.01. The van der Waals surface area contributed by atoms with Gasteiger partial charge in [-0.3, -0.25) is 0 Å². The predicted molar refractivity (Wildman–Crippen MR) is 22.2 cm³/mol. The van der Waals surface area contributed by atoms with E-state index < -0.39 is 7.77 Å². The molecule has 0 spiro atoms. The fourth-order valence-corrected chi connectivity index (χ4v) is 0. The van der Waals surface area contributed by atoms with Crippen molar-refractivity contribution >= 4 is 14.1 Å². The van der Waals surface area contributed by atoms with Crippen LogP contribution in [0.3, 0.4) is 0 Å². The molecule has 0 aromatic rings. The lowest BCUT2D eigenvalue weighted by Gasteiger charge is -1.48. The average molecular weight is 77.0 g/mol. The Morgan fingerprint density at radius 2 is 2.00 bits per heavy atom. The molecule has 0 saturated carbocycles. The summed E-state index contributed by atoms with van der Waals surface area (Å²) in [6.45, 7) is 1.68. The van der Waals surface area contributed by atoms with Crippen molar-refractivity contribution in [2.75, 3.05) is 6.66 Å². The minimum Gasteiger partial charge on any atom is -0.194 e. The van der Waals surface area contributed by atoms with Gasteiger partial charge in [-0.05, 0) is 0 Å². The molecule has 0 fully saturated rings. The van der Waals surface area contributed by atoms with Crippen molar-refractivity contribution in [1.82, 2.24) is 0 Å². The van der Waals surface area contributed by atoms with Crippen LogP contribution >= 0.6 is 7.77 Å². The van der Waals surface area contributed by atoms with Crippen LogP contribution in [0, 0.1) is 0 Å². The first-order chi connectivity index (χ1) is 1.73. The van der Waals surface area contributed by atoms with Gasteiger partial charge in [0, 0.05) is 0 Å². The van der Waals surface area contributed by atoms with E-state index >= 15 is 0 Å². The molecule has 1 unspecified atom stereocenters. The highest BCUT2D eigenvalue weighted by Crippen LogP contribution is 1.98. The normalized spacial score (nSPS) is 11.0. The predicted octanol–water partition coefficient (Wildman–Crippen LogP) is 0.437. The van der Waals surface area contributed by atoms with Gasteiger partial charge in [0.2, 0.25) is 7.77 Å². The van der Waals surface area contributed by atoms with Crippen LogP contribution in [-0.2, 0) is 0 Å². The van der Waals surface area contributed by atoms with Crippen LogP contribution in [0.2, 0.25) is 0 Å². The smallest absolute Gasteiger partial charge is 0.194 e. The molecule has 0 aliphatic carbocycles. The van der Waals surface area contributed by atoms with E-state index in [0.717, 1.165) is 0 Å². The van der Waals surface area contributed by atoms with E-state index in [9.17, 15) is 0 Å². The van der Waals surface area contributed by atoms with E-state index in [1.807, 2.05) is 0 Å². The molecule has 0 amide bonds.